The number of amides is 2. The summed E-state index contributed by atoms with van der Waals surface area (Å²) >= 11 is 1.30. The van der Waals surface area contributed by atoms with Crippen molar-refractivity contribution in [2.45, 2.75) is 12.8 Å². The number of benzene rings is 3. The van der Waals surface area contributed by atoms with Crippen LogP contribution in [0, 0.1) is 0 Å². The van der Waals surface area contributed by atoms with E-state index in [2.05, 4.69) is 27.1 Å². The molecule has 0 saturated carbocycles. The summed E-state index contributed by atoms with van der Waals surface area (Å²) in [5.41, 5.74) is 2.86. The Bertz CT molecular complexity index is 1150. The van der Waals surface area contributed by atoms with E-state index in [0.717, 1.165) is 22.9 Å². The summed E-state index contributed by atoms with van der Waals surface area (Å²) in [6.45, 7) is 0.614. The topological polar surface area (TPSA) is 71.1 Å². The molecular formula is C24H21N3O2S. The van der Waals surface area contributed by atoms with E-state index in [1.165, 1.54) is 17.1 Å². The second-order valence-corrected chi connectivity index (χ2v) is 7.71. The second kappa shape index (κ2) is 9.33. The molecule has 0 unspecified atom stereocenters. The molecule has 0 fully saturated rings. The highest BCUT2D eigenvalue weighted by molar-refractivity contribution is 7.13. The van der Waals surface area contributed by atoms with Gasteiger partial charge in [0, 0.05) is 23.2 Å². The summed E-state index contributed by atoms with van der Waals surface area (Å²) in [5.74, 6) is -0.378. The summed E-state index contributed by atoms with van der Waals surface area (Å²) in [6, 6.07) is 24.7. The maximum absolute atomic E-state index is 12.6. The van der Waals surface area contributed by atoms with E-state index in [0.29, 0.717) is 23.5 Å². The van der Waals surface area contributed by atoms with Crippen molar-refractivity contribution in [1.82, 2.24) is 9.69 Å². The Balaban J connectivity index is 1.30. The molecule has 0 bridgehead atoms. The first kappa shape index (κ1) is 19.8. The first-order chi connectivity index (χ1) is 14.7. The van der Waals surface area contributed by atoms with Crippen molar-refractivity contribution < 1.29 is 9.59 Å². The minimum Gasteiger partial charge on any atom is -0.352 e. The van der Waals surface area contributed by atoms with E-state index in [9.17, 15) is 9.59 Å². The van der Waals surface area contributed by atoms with Crippen LogP contribution in [0.4, 0.5) is 5.69 Å². The predicted octanol–water partition coefficient (Wildman–Crippen LogP) is 4.91. The number of aryl methyl sites for hydroxylation is 1. The van der Waals surface area contributed by atoms with Crippen molar-refractivity contribution in [3.63, 3.8) is 0 Å². The van der Waals surface area contributed by atoms with Crippen LogP contribution in [0.1, 0.15) is 32.8 Å². The molecule has 4 rings (SSSR count). The highest BCUT2D eigenvalue weighted by Crippen LogP contribution is 2.23. The molecule has 0 atom stereocenters. The average molecular weight is 416 g/mol. The van der Waals surface area contributed by atoms with Gasteiger partial charge in [0.1, 0.15) is 5.69 Å². The molecule has 3 aromatic carbocycles. The molecule has 0 saturated heterocycles. The fourth-order valence-electron chi connectivity index (χ4n) is 3.19. The number of fused-ring (bicyclic) bond motifs is 1. The van der Waals surface area contributed by atoms with Crippen LogP contribution in [-0.4, -0.2) is 22.7 Å². The monoisotopic (exact) mass is 415 g/mol. The third-order valence-corrected chi connectivity index (χ3v) is 5.59. The third-order valence-electron chi connectivity index (χ3n) is 4.77. The van der Waals surface area contributed by atoms with Crippen molar-refractivity contribution >= 4 is 39.1 Å². The summed E-state index contributed by atoms with van der Waals surface area (Å²) < 4.78 is 5.24. The van der Waals surface area contributed by atoms with Gasteiger partial charge in [-0.15, -0.1) is 0 Å². The fourth-order valence-corrected chi connectivity index (χ4v) is 3.96. The Hall–Kier alpha value is -3.51. The van der Waals surface area contributed by atoms with Crippen LogP contribution in [-0.2, 0) is 6.42 Å². The molecule has 1 aromatic heterocycles. The number of hydrogen-bond donors (Lipinski definition) is 2. The van der Waals surface area contributed by atoms with Crippen LogP contribution < -0.4 is 10.6 Å². The molecule has 0 aliphatic carbocycles. The number of nitrogens with one attached hydrogen (secondary N) is 2. The van der Waals surface area contributed by atoms with Gasteiger partial charge in [-0.3, -0.25) is 9.59 Å². The van der Waals surface area contributed by atoms with Crippen molar-refractivity contribution in [3.8, 4) is 0 Å². The Morgan fingerprint density at radius 3 is 2.37 bits per heavy atom. The largest absolute Gasteiger partial charge is 0.352 e. The van der Waals surface area contributed by atoms with Gasteiger partial charge in [-0.2, -0.15) is 4.37 Å². The maximum atomic E-state index is 12.6. The molecule has 30 heavy (non-hydrogen) atoms. The Kier molecular flexibility index (Phi) is 6.15. The molecule has 1 heterocycles. The molecule has 5 nitrogen and oxygen atoms in total. The first-order valence-corrected chi connectivity index (χ1v) is 10.6. The van der Waals surface area contributed by atoms with Crippen LogP contribution in [0.3, 0.4) is 0 Å². The lowest BCUT2D eigenvalue weighted by atomic mass is 10.1. The van der Waals surface area contributed by atoms with Crippen LogP contribution in [0.25, 0.3) is 10.1 Å². The summed E-state index contributed by atoms with van der Waals surface area (Å²) in [6.07, 6.45) is 1.81. The maximum Gasteiger partial charge on any atom is 0.276 e. The van der Waals surface area contributed by atoms with E-state index in [1.807, 2.05) is 42.5 Å². The van der Waals surface area contributed by atoms with Crippen molar-refractivity contribution in [2.75, 3.05) is 11.9 Å². The predicted molar refractivity (Wildman–Crippen MR) is 121 cm³/mol. The SMILES string of the molecule is O=C(NCCCc1ccccc1)c1ccc(NC(=O)c2nsc3ccccc23)cc1. The molecule has 0 spiro atoms. The summed E-state index contributed by atoms with van der Waals surface area (Å²) in [4.78, 5) is 24.9. The molecule has 150 valence electrons. The van der Waals surface area contributed by atoms with Gasteiger partial charge in [0.05, 0.1) is 4.70 Å². The van der Waals surface area contributed by atoms with Crippen LogP contribution in [0.5, 0.6) is 0 Å². The number of hydrogen-bond acceptors (Lipinski definition) is 4. The quantitative estimate of drug-likeness (QED) is 0.421. The second-order valence-electron chi connectivity index (χ2n) is 6.90. The van der Waals surface area contributed by atoms with Crippen LogP contribution in [0.15, 0.2) is 78.9 Å². The number of carbonyl (C=O) groups is 2. The third kappa shape index (κ3) is 4.72. The zero-order chi connectivity index (χ0) is 20.8. The Labute approximate surface area is 178 Å². The van der Waals surface area contributed by atoms with Crippen molar-refractivity contribution in [2.24, 2.45) is 0 Å². The van der Waals surface area contributed by atoms with Gasteiger partial charge in [-0.1, -0.05) is 48.5 Å². The highest BCUT2D eigenvalue weighted by atomic mass is 32.1. The van der Waals surface area contributed by atoms with E-state index in [-0.39, 0.29) is 11.8 Å². The molecule has 0 aliphatic rings. The van der Waals surface area contributed by atoms with Gasteiger partial charge in [-0.25, -0.2) is 0 Å². The lowest BCUT2D eigenvalue weighted by Gasteiger charge is -2.07. The van der Waals surface area contributed by atoms with Gasteiger partial charge >= 0.3 is 0 Å². The fraction of sp³-hybridized carbons (Fsp3) is 0.125. The zero-order valence-electron chi connectivity index (χ0n) is 16.3. The van der Waals surface area contributed by atoms with E-state index >= 15 is 0 Å². The van der Waals surface area contributed by atoms with Crippen molar-refractivity contribution in [3.05, 3.63) is 95.7 Å². The van der Waals surface area contributed by atoms with Gasteiger partial charge in [0.2, 0.25) is 0 Å². The van der Waals surface area contributed by atoms with E-state index < -0.39 is 0 Å². The standard InChI is InChI=1S/C24H21N3O2S/c28-23(25-16-6-9-17-7-2-1-3-8-17)18-12-14-19(15-13-18)26-24(29)22-20-10-4-5-11-21(20)30-27-22/h1-5,7-8,10-15H,6,9,16H2,(H,25,28)(H,26,29). The lowest BCUT2D eigenvalue weighted by Crippen LogP contribution is -2.24. The summed E-state index contributed by atoms with van der Waals surface area (Å²) in [7, 11) is 0. The number of nitrogens with zero attached hydrogens (tertiary/aromatic N) is 1. The smallest absolute Gasteiger partial charge is 0.276 e. The van der Waals surface area contributed by atoms with Crippen molar-refractivity contribution in [1.29, 1.82) is 0 Å². The van der Waals surface area contributed by atoms with E-state index in [1.54, 1.807) is 24.3 Å². The molecule has 0 aliphatic heterocycles. The molecule has 6 heteroatoms. The van der Waals surface area contributed by atoms with Gasteiger partial charge < -0.3 is 10.6 Å². The number of aromatic nitrogens is 1. The van der Waals surface area contributed by atoms with Crippen LogP contribution in [0.2, 0.25) is 0 Å². The number of carbonyl (C=O) groups excluding carboxylic acids is 2. The number of anilines is 1. The normalized spacial score (nSPS) is 10.7. The lowest BCUT2D eigenvalue weighted by molar-refractivity contribution is 0.0952. The van der Waals surface area contributed by atoms with Crippen LogP contribution >= 0.6 is 11.5 Å². The zero-order valence-corrected chi connectivity index (χ0v) is 17.1. The van der Waals surface area contributed by atoms with Gasteiger partial charge in [-0.05, 0) is 60.3 Å². The minimum atomic E-state index is -0.259. The van der Waals surface area contributed by atoms with E-state index in [4.69, 9.17) is 0 Å². The van der Waals surface area contributed by atoms with Gasteiger partial charge in [0.25, 0.3) is 11.8 Å². The average Bonchev–Trinajstić information content (AvgIpc) is 3.22. The molecule has 2 amide bonds. The Morgan fingerprint density at radius 1 is 0.833 bits per heavy atom. The summed E-state index contributed by atoms with van der Waals surface area (Å²) in [5, 5.41) is 6.62. The molecule has 2 N–H and O–H groups in total. The minimum absolute atomic E-state index is 0.119. The first-order valence-electron chi connectivity index (χ1n) is 9.79. The van der Waals surface area contributed by atoms with Gasteiger partial charge in [0.15, 0.2) is 0 Å². The molecular weight excluding hydrogens is 394 g/mol. The molecule has 4 aromatic rings. The molecule has 0 radical (unpaired) electrons. The number of rotatable bonds is 7. The highest BCUT2D eigenvalue weighted by Gasteiger charge is 2.14. The Morgan fingerprint density at radius 2 is 1.57 bits per heavy atom.